The minimum Gasteiger partial charge on any atom is -0.492 e. The van der Waals surface area contributed by atoms with Crippen molar-refractivity contribution in [1.29, 1.82) is 0 Å². The fourth-order valence-electron chi connectivity index (χ4n) is 2.20. The van der Waals surface area contributed by atoms with Crippen molar-refractivity contribution in [2.24, 2.45) is 0 Å². The first-order valence-corrected chi connectivity index (χ1v) is 6.39. The Labute approximate surface area is 107 Å². The number of amides is 1. The van der Waals surface area contributed by atoms with Crippen LogP contribution in [0, 0.1) is 0 Å². The van der Waals surface area contributed by atoms with Gasteiger partial charge in [-0.1, -0.05) is 18.2 Å². The van der Waals surface area contributed by atoms with Crippen LogP contribution in [0.25, 0.3) is 0 Å². The number of aliphatic hydroxyl groups is 1. The van der Waals surface area contributed by atoms with Crippen LogP contribution < -0.4 is 10.1 Å². The summed E-state index contributed by atoms with van der Waals surface area (Å²) in [7, 11) is 0. The largest absolute Gasteiger partial charge is 0.492 e. The molecule has 1 amide bonds. The van der Waals surface area contributed by atoms with Crippen molar-refractivity contribution in [2.75, 3.05) is 13.2 Å². The SMILES string of the molecule is O=C(NCCOc1ccccc1)C1(O)CCCC1. The zero-order chi connectivity index (χ0) is 12.8. The van der Waals surface area contributed by atoms with Crippen LogP contribution in [0.2, 0.25) is 0 Å². The lowest BCUT2D eigenvalue weighted by atomic mass is 10.0. The normalized spacial score (nSPS) is 17.4. The van der Waals surface area contributed by atoms with Gasteiger partial charge in [0.05, 0.1) is 6.54 Å². The zero-order valence-corrected chi connectivity index (χ0v) is 10.4. The summed E-state index contributed by atoms with van der Waals surface area (Å²) < 4.78 is 5.46. The molecule has 1 aromatic carbocycles. The number of nitrogens with one attached hydrogen (secondary N) is 1. The van der Waals surface area contributed by atoms with Crippen LogP contribution in [-0.2, 0) is 4.79 Å². The standard InChI is InChI=1S/C14H19NO3/c16-13(14(17)8-4-5-9-14)15-10-11-18-12-6-2-1-3-7-12/h1-3,6-7,17H,4-5,8-11H2,(H,15,16). The average Bonchev–Trinajstić information content (AvgIpc) is 2.84. The Bertz CT molecular complexity index is 385. The highest BCUT2D eigenvalue weighted by Gasteiger charge is 2.38. The molecule has 0 bridgehead atoms. The van der Waals surface area contributed by atoms with E-state index in [4.69, 9.17) is 4.74 Å². The van der Waals surface area contributed by atoms with Gasteiger partial charge in [0.25, 0.3) is 5.91 Å². The zero-order valence-electron chi connectivity index (χ0n) is 10.4. The summed E-state index contributed by atoms with van der Waals surface area (Å²) in [5.41, 5.74) is -1.15. The lowest BCUT2D eigenvalue weighted by Crippen LogP contribution is -2.45. The number of hydrogen-bond acceptors (Lipinski definition) is 3. The maximum atomic E-state index is 11.8. The first kappa shape index (κ1) is 12.9. The van der Waals surface area contributed by atoms with Crippen molar-refractivity contribution in [3.8, 4) is 5.75 Å². The van der Waals surface area contributed by atoms with Gasteiger partial charge in [-0.25, -0.2) is 0 Å². The van der Waals surface area contributed by atoms with E-state index in [2.05, 4.69) is 5.32 Å². The van der Waals surface area contributed by atoms with Gasteiger partial charge in [0, 0.05) is 0 Å². The summed E-state index contributed by atoms with van der Waals surface area (Å²) >= 11 is 0. The Balaban J connectivity index is 1.68. The van der Waals surface area contributed by atoms with Gasteiger partial charge < -0.3 is 15.2 Å². The molecule has 4 heteroatoms. The summed E-state index contributed by atoms with van der Waals surface area (Å²) in [5, 5.41) is 12.7. The maximum Gasteiger partial charge on any atom is 0.252 e. The third-order valence-electron chi connectivity index (χ3n) is 3.25. The Morgan fingerprint density at radius 1 is 1.28 bits per heavy atom. The second-order valence-electron chi connectivity index (χ2n) is 4.66. The molecule has 0 saturated heterocycles. The van der Waals surface area contributed by atoms with E-state index >= 15 is 0 Å². The fourth-order valence-corrected chi connectivity index (χ4v) is 2.20. The molecular weight excluding hydrogens is 230 g/mol. The van der Waals surface area contributed by atoms with Crippen LogP contribution in [0.4, 0.5) is 0 Å². The molecule has 0 radical (unpaired) electrons. The molecule has 0 unspecified atom stereocenters. The van der Waals surface area contributed by atoms with Gasteiger partial charge >= 0.3 is 0 Å². The van der Waals surface area contributed by atoms with Gasteiger partial charge in [-0.3, -0.25) is 4.79 Å². The van der Waals surface area contributed by atoms with E-state index in [0.29, 0.717) is 26.0 Å². The number of para-hydroxylation sites is 1. The molecule has 1 saturated carbocycles. The van der Waals surface area contributed by atoms with Gasteiger partial charge in [-0.2, -0.15) is 0 Å². The summed E-state index contributed by atoms with van der Waals surface area (Å²) in [6, 6.07) is 9.45. The molecule has 4 nitrogen and oxygen atoms in total. The first-order chi connectivity index (χ1) is 8.71. The molecule has 0 aliphatic heterocycles. The quantitative estimate of drug-likeness (QED) is 0.777. The molecule has 0 heterocycles. The molecule has 1 aliphatic rings. The summed E-state index contributed by atoms with van der Waals surface area (Å²) in [4.78, 5) is 11.8. The molecule has 0 atom stereocenters. The molecule has 1 fully saturated rings. The summed E-state index contributed by atoms with van der Waals surface area (Å²) in [5.74, 6) is 0.517. The van der Waals surface area contributed by atoms with Gasteiger partial charge in [0.2, 0.25) is 0 Å². The summed E-state index contributed by atoms with van der Waals surface area (Å²) in [6.45, 7) is 0.821. The number of carbonyl (C=O) groups excluding carboxylic acids is 1. The third kappa shape index (κ3) is 3.23. The third-order valence-corrected chi connectivity index (χ3v) is 3.25. The highest BCUT2D eigenvalue weighted by molar-refractivity contribution is 5.85. The lowest BCUT2D eigenvalue weighted by Gasteiger charge is -2.20. The predicted octanol–water partition coefficient (Wildman–Crippen LogP) is 1.49. The second-order valence-corrected chi connectivity index (χ2v) is 4.66. The van der Waals surface area contributed by atoms with Crippen LogP contribution in [0.3, 0.4) is 0 Å². The van der Waals surface area contributed by atoms with Crippen LogP contribution in [0.5, 0.6) is 5.75 Å². The number of ether oxygens (including phenoxy) is 1. The Kier molecular flexibility index (Phi) is 4.20. The molecule has 2 rings (SSSR count). The number of carbonyl (C=O) groups is 1. The van der Waals surface area contributed by atoms with Gasteiger partial charge in [-0.05, 0) is 37.8 Å². The number of rotatable bonds is 5. The fraction of sp³-hybridized carbons (Fsp3) is 0.500. The van der Waals surface area contributed by atoms with Crippen LogP contribution in [-0.4, -0.2) is 29.8 Å². The lowest BCUT2D eigenvalue weighted by molar-refractivity contribution is -0.139. The van der Waals surface area contributed by atoms with E-state index < -0.39 is 5.60 Å². The second kappa shape index (κ2) is 5.87. The molecule has 98 valence electrons. The van der Waals surface area contributed by atoms with E-state index in [0.717, 1.165) is 18.6 Å². The van der Waals surface area contributed by atoms with Gasteiger partial charge in [0.15, 0.2) is 0 Å². The Morgan fingerprint density at radius 2 is 1.94 bits per heavy atom. The average molecular weight is 249 g/mol. The van der Waals surface area contributed by atoms with Gasteiger partial charge in [0.1, 0.15) is 18.0 Å². The van der Waals surface area contributed by atoms with E-state index in [1.807, 2.05) is 30.3 Å². The van der Waals surface area contributed by atoms with Crippen LogP contribution in [0.1, 0.15) is 25.7 Å². The smallest absolute Gasteiger partial charge is 0.252 e. The number of hydrogen-bond donors (Lipinski definition) is 2. The summed E-state index contributed by atoms with van der Waals surface area (Å²) in [6.07, 6.45) is 2.98. The molecule has 18 heavy (non-hydrogen) atoms. The highest BCUT2D eigenvalue weighted by atomic mass is 16.5. The van der Waals surface area contributed by atoms with Crippen LogP contribution in [0.15, 0.2) is 30.3 Å². The highest BCUT2D eigenvalue weighted by Crippen LogP contribution is 2.29. The molecule has 1 aromatic rings. The van der Waals surface area contributed by atoms with E-state index in [1.165, 1.54) is 0 Å². The Hall–Kier alpha value is -1.55. The van der Waals surface area contributed by atoms with E-state index in [-0.39, 0.29) is 5.91 Å². The van der Waals surface area contributed by atoms with Crippen LogP contribution >= 0.6 is 0 Å². The maximum absolute atomic E-state index is 11.8. The predicted molar refractivity (Wildman–Crippen MR) is 68.4 cm³/mol. The van der Waals surface area contributed by atoms with Crippen molar-refractivity contribution in [2.45, 2.75) is 31.3 Å². The van der Waals surface area contributed by atoms with Gasteiger partial charge in [-0.15, -0.1) is 0 Å². The Morgan fingerprint density at radius 3 is 2.61 bits per heavy atom. The molecule has 0 aromatic heterocycles. The van der Waals surface area contributed by atoms with E-state index in [1.54, 1.807) is 0 Å². The minimum absolute atomic E-state index is 0.267. The van der Waals surface area contributed by atoms with Crippen molar-refractivity contribution in [3.63, 3.8) is 0 Å². The van der Waals surface area contributed by atoms with Crippen molar-refractivity contribution in [1.82, 2.24) is 5.32 Å². The molecule has 1 aliphatic carbocycles. The minimum atomic E-state index is -1.15. The van der Waals surface area contributed by atoms with Crippen molar-refractivity contribution >= 4 is 5.91 Å². The molecule has 2 N–H and O–H groups in total. The first-order valence-electron chi connectivity index (χ1n) is 6.39. The van der Waals surface area contributed by atoms with Crippen molar-refractivity contribution < 1.29 is 14.6 Å². The molecule has 0 spiro atoms. The topological polar surface area (TPSA) is 58.6 Å². The van der Waals surface area contributed by atoms with Crippen molar-refractivity contribution in [3.05, 3.63) is 30.3 Å². The number of benzene rings is 1. The monoisotopic (exact) mass is 249 g/mol. The van der Waals surface area contributed by atoms with E-state index in [9.17, 15) is 9.90 Å². The molecular formula is C14H19NO3.